The zero-order valence-electron chi connectivity index (χ0n) is 16.8. The van der Waals surface area contributed by atoms with E-state index < -0.39 is 15.9 Å². The number of anilines is 1. The lowest BCUT2D eigenvalue weighted by Crippen LogP contribution is -2.23. The number of rotatable bonds is 7. The molecule has 0 unspecified atom stereocenters. The van der Waals surface area contributed by atoms with Crippen molar-refractivity contribution < 1.29 is 22.2 Å². The van der Waals surface area contributed by atoms with Crippen LogP contribution in [-0.4, -0.2) is 19.5 Å². The molecule has 0 saturated carbocycles. The smallest absolute Gasteiger partial charge is 0.261 e. The van der Waals surface area contributed by atoms with Crippen LogP contribution in [0.3, 0.4) is 0 Å². The Morgan fingerprint density at radius 1 is 1.09 bits per heavy atom. The molecule has 10 heteroatoms. The molecule has 8 nitrogen and oxygen atoms in total. The average Bonchev–Trinajstić information content (AvgIpc) is 3.42. The van der Waals surface area contributed by atoms with Crippen LogP contribution < -0.4 is 10.0 Å². The van der Waals surface area contributed by atoms with E-state index in [2.05, 4.69) is 15.2 Å². The maximum atomic E-state index is 13.0. The van der Waals surface area contributed by atoms with Crippen LogP contribution in [0.25, 0.3) is 11.3 Å². The van der Waals surface area contributed by atoms with E-state index in [1.54, 1.807) is 49.4 Å². The number of benzene rings is 2. The van der Waals surface area contributed by atoms with Crippen molar-refractivity contribution in [1.29, 1.82) is 0 Å². The summed E-state index contributed by atoms with van der Waals surface area (Å²) in [6, 6.07) is 16.2. The largest absolute Gasteiger partial charge is 0.468 e. The van der Waals surface area contributed by atoms with Gasteiger partial charge in [0.25, 0.3) is 5.91 Å². The van der Waals surface area contributed by atoms with Crippen LogP contribution in [0.4, 0.5) is 5.69 Å². The summed E-state index contributed by atoms with van der Waals surface area (Å²) in [5, 5.41) is 7.11. The third-order valence-electron chi connectivity index (χ3n) is 4.64. The van der Waals surface area contributed by atoms with Gasteiger partial charge < -0.3 is 14.3 Å². The van der Waals surface area contributed by atoms with Gasteiger partial charge in [0.1, 0.15) is 22.8 Å². The highest BCUT2D eigenvalue weighted by atomic mass is 35.5. The van der Waals surface area contributed by atoms with Gasteiger partial charge >= 0.3 is 0 Å². The monoisotopic (exact) mass is 471 g/mol. The Morgan fingerprint density at radius 2 is 1.91 bits per heavy atom. The molecular weight excluding hydrogens is 454 g/mol. The summed E-state index contributed by atoms with van der Waals surface area (Å²) < 4.78 is 38.1. The summed E-state index contributed by atoms with van der Waals surface area (Å²) >= 11 is 6.25. The molecule has 2 heterocycles. The van der Waals surface area contributed by atoms with Gasteiger partial charge in [0.2, 0.25) is 10.0 Å². The second-order valence-electron chi connectivity index (χ2n) is 6.83. The summed E-state index contributed by atoms with van der Waals surface area (Å²) in [7, 11) is -3.82. The van der Waals surface area contributed by atoms with Crippen molar-refractivity contribution in [3.05, 3.63) is 89.0 Å². The number of hydrogen-bond acceptors (Lipinski definition) is 6. The van der Waals surface area contributed by atoms with Gasteiger partial charge in [0.05, 0.1) is 22.7 Å². The predicted molar refractivity (Wildman–Crippen MR) is 119 cm³/mol. The maximum Gasteiger partial charge on any atom is 0.261 e. The minimum absolute atomic E-state index is 0.00442. The van der Waals surface area contributed by atoms with E-state index in [9.17, 15) is 13.2 Å². The third kappa shape index (κ3) is 4.59. The molecule has 0 spiro atoms. The summed E-state index contributed by atoms with van der Waals surface area (Å²) in [6.07, 6.45) is 1.46. The number of nitrogens with zero attached hydrogens (tertiary/aromatic N) is 1. The fourth-order valence-corrected chi connectivity index (χ4v) is 4.34. The van der Waals surface area contributed by atoms with Gasteiger partial charge in [-0.05, 0) is 43.3 Å². The predicted octanol–water partition coefficient (Wildman–Crippen LogP) is 4.63. The van der Waals surface area contributed by atoms with E-state index in [-0.39, 0.29) is 17.0 Å². The second-order valence-corrected chi connectivity index (χ2v) is 9.00. The van der Waals surface area contributed by atoms with Gasteiger partial charge in [-0.2, -0.15) is 0 Å². The Balaban J connectivity index is 1.57. The molecule has 0 radical (unpaired) electrons. The molecule has 1 amide bonds. The van der Waals surface area contributed by atoms with Gasteiger partial charge in [-0.25, -0.2) is 13.1 Å². The van der Waals surface area contributed by atoms with Crippen LogP contribution in [0.2, 0.25) is 5.02 Å². The summed E-state index contributed by atoms with van der Waals surface area (Å²) in [6.45, 7) is 1.62. The standard InChI is InChI=1S/C22H18ClN3O5S/c1-14-20(21(26-31-14)18-9-2-3-10-19(18)23)22(27)25-15-6-4-8-17(12-15)32(28,29)24-13-16-7-5-11-30-16/h2-12,24H,13H2,1H3,(H,25,27). The average molecular weight is 472 g/mol. The molecule has 0 fully saturated rings. The zero-order valence-corrected chi connectivity index (χ0v) is 18.4. The van der Waals surface area contributed by atoms with E-state index in [1.165, 1.54) is 24.5 Å². The van der Waals surface area contributed by atoms with Crippen LogP contribution in [0.1, 0.15) is 21.9 Å². The van der Waals surface area contributed by atoms with E-state index in [0.29, 0.717) is 33.5 Å². The fourth-order valence-electron chi connectivity index (χ4n) is 3.07. The molecule has 0 aliphatic heterocycles. The van der Waals surface area contributed by atoms with E-state index in [0.717, 1.165) is 0 Å². The van der Waals surface area contributed by atoms with Gasteiger partial charge in [-0.1, -0.05) is 41.0 Å². The molecule has 4 aromatic rings. The molecule has 0 saturated heterocycles. The van der Waals surface area contributed by atoms with Crippen LogP contribution in [-0.2, 0) is 16.6 Å². The number of nitrogens with one attached hydrogen (secondary N) is 2. The molecule has 2 aromatic heterocycles. The fraction of sp³-hybridized carbons (Fsp3) is 0.0909. The van der Waals surface area contributed by atoms with Gasteiger partial charge in [-0.3, -0.25) is 4.79 Å². The number of carbonyl (C=O) groups is 1. The summed E-state index contributed by atoms with van der Waals surface area (Å²) in [5.41, 5.74) is 1.35. The zero-order chi connectivity index (χ0) is 22.7. The maximum absolute atomic E-state index is 13.0. The molecule has 0 aliphatic rings. The first-order valence-electron chi connectivity index (χ1n) is 9.50. The number of amides is 1. The van der Waals surface area contributed by atoms with Crippen molar-refractivity contribution in [3.8, 4) is 11.3 Å². The number of aromatic nitrogens is 1. The Kier molecular flexibility index (Phi) is 6.13. The normalized spacial score (nSPS) is 11.4. The molecule has 2 N–H and O–H groups in total. The van der Waals surface area contributed by atoms with Crippen molar-refractivity contribution in [1.82, 2.24) is 9.88 Å². The van der Waals surface area contributed by atoms with Crippen LogP contribution in [0.15, 0.2) is 80.8 Å². The molecular formula is C22H18ClN3O5S. The molecule has 4 rings (SSSR count). The number of aryl methyl sites for hydroxylation is 1. The molecule has 164 valence electrons. The number of furan rings is 1. The lowest BCUT2D eigenvalue weighted by molar-refractivity contribution is 0.102. The first-order chi connectivity index (χ1) is 15.3. The van der Waals surface area contributed by atoms with E-state index >= 15 is 0 Å². The van der Waals surface area contributed by atoms with Crippen molar-refractivity contribution in [2.75, 3.05) is 5.32 Å². The second kappa shape index (κ2) is 8.99. The van der Waals surface area contributed by atoms with Crippen molar-refractivity contribution in [2.24, 2.45) is 0 Å². The van der Waals surface area contributed by atoms with Crippen LogP contribution in [0, 0.1) is 6.92 Å². The summed E-state index contributed by atoms with van der Waals surface area (Å²) in [5.74, 6) is 0.283. The first kappa shape index (κ1) is 21.8. The Morgan fingerprint density at radius 3 is 2.66 bits per heavy atom. The SMILES string of the molecule is Cc1onc(-c2ccccc2Cl)c1C(=O)Nc1cccc(S(=O)(=O)NCc2ccco2)c1. The van der Waals surface area contributed by atoms with Gasteiger partial charge in [0, 0.05) is 11.3 Å². The van der Waals surface area contributed by atoms with Crippen molar-refractivity contribution >= 4 is 33.2 Å². The van der Waals surface area contributed by atoms with E-state index in [1.807, 2.05) is 0 Å². The van der Waals surface area contributed by atoms with E-state index in [4.69, 9.17) is 20.5 Å². The number of carbonyl (C=O) groups excluding carboxylic acids is 1. The molecule has 0 aliphatic carbocycles. The lowest BCUT2D eigenvalue weighted by Gasteiger charge is -2.09. The van der Waals surface area contributed by atoms with Gasteiger partial charge in [-0.15, -0.1) is 0 Å². The Labute approximate surface area is 189 Å². The lowest BCUT2D eigenvalue weighted by atomic mass is 10.1. The van der Waals surface area contributed by atoms with Crippen LogP contribution in [0.5, 0.6) is 0 Å². The quantitative estimate of drug-likeness (QED) is 0.406. The first-order valence-corrected chi connectivity index (χ1v) is 11.4. The topological polar surface area (TPSA) is 114 Å². The van der Waals surface area contributed by atoms with Gasteiger partial charge in [0.15, 0.2) is 0 Å². The third-order valence-corrected chi connectivity index (χ3v) is 6.37. The van der Waals surface area contributed by atoms with Crippen molar-refractivity contribution in [3.63, 3.8) is 0 Å². The Hall–Kier alpha value is -3.40. The minimum atomic E-state index is -3.82. The highest BCUT2D eigenvalue weighted by Crippen LogP contribution is 2.31. The molecule has 0 bridgehead atoms. The molecule has 32 heavy (non-hydrogen) atoms. The number of hydrogen-bond donors (Lipinski definition) is 2. The van der Waals surface area contributed by atoms with Crippen molar-refractivity contribution in [2.45, 2.75) is 18.4 Å². The highest BCUT2D eigenvalue weighted by Gasteiger charge is 2.23. The number of sulfonamides is 1. The Bertz CT molecular complexity index is 1360. The molecule has 0 atom stereocenters. The summed E-state index contributed by atoms with van der Waals surface area (Å²) in [4.78, 5) is 13.0. The highest BCUT2D eigenvalue weighted by molar-refractivity contribution is 7.89. The molecule has 2 aromatic carbocycles. The number of halogens is 1. The van der Waals surface area contributed by atoms with Crippen LogP contribution >= 0.6 is 11.6 Å². The minimum Gasteiger partial charge on any atom is -0.468 e.